The minimum absolute atomic E-state index is 0.0850. The van der Waals surface area contributed by atoms with E-state index in [1.807, 2.05) is 59.3 Å². The number of para-hydroxylation sites is 1. The second-order valence-electron chi connectivity index (χ2n) is 8.80. The fourth-order valence-electron chi connectivity index (χ4n) is 4.91. The second-order valence-corrected chi connectivity index (χ2v) is 9.24. The van der Waals surface area contributed by atoms with Crippen LogP contribution in [0.25, 0.3) is 22.4 Å². The first-order valence-electron chi connectivity index (χ1n) is 11.0. The lowest BCUT2D eigenvalue weighted by atomic mass is 10.1. The summed E-state index contributed by atoms with van der Waals surface area (Å²) in [5.41, 5.74) is 2.72. The number of aromatic nitrogens is 3. The predicted octanol–water partition coefficient (Wildman–Crippen LogP) is 4.64. The summed E-state index contributed by atoms with van der Waals surface area (Å²) in [6, 6.07) is 20.2. The molecule has 2 aromatic carbocycles. The zero-order valence-electron chi connectivity index (χ0n) is 18.1. The fraction of sp³-hybridized carbons (Fsp3) is 0.280. The van der Waals surface area contributed by atoms with Gasteiger partial charge in [0.05, 0.1) is 22.3 Å². The number of benzene rings is 2. The molecule has 6 rings (SSSR count). The second kappa shape index (κ2) is 7.14. The summed E-state index contributed by atoms with van der Waals surface area (Å²) in [5, 5.41) is 1.31. The Bertz CT molecular complexity index is 1390. The third kappa shape index (κ3) is 2.93. The van der Waals surface area contributed by atoms with Crippen molar-refractivity contribution in [2.24, 2.45) is 0 Å². The molecule has 7 heteroatoms. The van der Waals surface area contributed by atoms with E-state index in [0.29, 0.717) is 28.3 Å². The van der Waals surface area contributed by atoms with Gasteiger partial charge in [-0.25, -0.2) is 9.67 Å². The molecule has 32 heavy (non-hydrogen) atoms. The number of nitrogens with zero attached hydrogens (tertiary/aromatic N) is 5. The minimum Gasteiger partial charge on any atom is -0.370 e. The van der Waals surface area contributed by atoms with Gasteiger partial charge in [-0.3, -0.25) is 4.79 Å². The van der Waals surface area contributed by atoms with Crippen molar-refractivity contribution in [1.29, 1.82) is 0 Å². The van der Waals surface area contributed by atoms with Gasteiger partial charge in [0.25, 0.3) is 5.56 Å². The molecule has 6 nitrogen and oxygen atoms in total. The van der Waals surface area contributed by atoms with Gasteiger partial charge in [-0.15, -0.1) is 0 Å². The van der Waals surface area contributed by atoms with E-state index in [1.54, 1.807) is 4.68 Å². The molecule has 0 radical (unpaired) electrons. The lowest BCUT2D eigenvalue weighted by Crippen LogP contribution is -2.48. The Morgan fingerprint density at radius 2 is 1.72 bits per heavy atom. The number of rotatable bonds is 3. The number of anilines is 2. The van der Waals surface area contributed by atoms with Crippen LogP contribution in [0.5, 0.6) is 0 Å². The van der Waals surface area contributed by atoms with Gasteiger partial charge in [0, 0.05) is 30.7 Å². The van der Waals surface area contributed by atoms with Gasteiger partial charge in [0.15, 0.2) is 11.6 Å². The molecular weight excluding hydrogens is 422 g/mol. The van der Waals surface area contributed by atoms with Crippen LogP contribution in [-0.2, 0) is 0 Å². The van der Waals surface area contributed by atoms with E-state index in [2.05, 4.69) is 29.8 Å². The van der Waals surface area contributed by atoms with Crippen molar-refractivity contribution < 1.29 is 0 Å². The molecule has 1 aliphatic carbocycles. The number of hydrogen-bond donors (Lipinski definition) is 0. The van der Waals surface area contributed by atoms with E-state index < -0.39 is 0 Å². The molecule has 1 aliphatic heterocycles. The highest BCUT2D eigenvalue weighted by Crippen LogP contribution is 2.41. The van der Waals surface area contributed by atoms with E-state index in [-0.39, 0.29) is 5.56 Å². The Labute approximate surface area is 191 Å². The lowest BCUT2D eigenvalue weighted by Gasteiger charge is -2.41. The normalized spacial score (nSPS) is 18.3. The Morgan fingerprint density at radius 3 is 2.47 bits per heavy atom. The van der Waals surface area contributed by atoms with Gasteiger partial charge in [0.1, 0.15) is 0 Å². The quantitative estimate of drug-likeness (QED) is 0.461. The molecule has 0 amide bonds. The van der Waals surface area contributed by atoms with Gasteiger partial charge in [0.2, 0.25) is 0 Å². The van der Waals surface area contributed by atoms with Crippen molar-refractivity contribution in [1.82, 2.24) is 14.3 Å². The molecule has 2 aromatic heterocycles. The third-order valence-corrected chi connectivity index (χ3v) is 6.74. The topological polar surface area (TPSA) is 46.3 Å². The van der Waals surface area contributed by atoms with Crippen LogP contribution < -0.4 is 15.4 Å². The average molecular weight is 446 g/mol. The highest BCUT2D eigenvalue weighted by Gasteiger charge is 2.38. The molecule has 1 unspecified atom stereocenters. The van der Waals surface area contributed by atoms with Crippen LogP contribution in [0.3, 0.4) is 0 Å². The van der Waals surface area contributed by atoms with Crippen LogP contribution >= 0.6 is 11.6 Å². The van der Waals surface area contributed by atoms with E-state index in [0.717, 1.165) is 29.3 Å². The molecule has 4 aromatic rings. The summed E-state index contributed by atoms with van der Waals surface area (Å²) in [4.78, 5) is 23.4. The van der Waals surface area contributed by atoms with Gasteiger partial charge in [-0.2, -0.15) is 4.68 Å². The number of fused-ring (bicyclic) bond motifs is 2. The van der Waals surface area contributed by atoms with Crippen LogP contribution in [0.2, 0.25) is 5.02 Å². The van der Waals surface area contributed by atoms with Crippen molar-refractivity contribution in [2.45, 2.75) is 31.8 Å². The van der Waals surface area contributed by atoms with Crippen molar-refractivity contribution in [3.8, 4) is 11.5 Å². The summed E-state index contributed by atoms with van der Waals surface area (Å²) in [6.45, 7) is 3.22. The molecule has 1 fully saturated rings. The van der Waals surface area contributed by atoms with Gasteiger partial charge < -0.3 is 9.80 Å². The monoisotopic (exact) mass is 445 g/mol. The zero-order valence-corrected chi connectivity index (χ0v) is 18.8. The highest BCUT2D eigenvalue weighted by atomic mass is 35.5. The number of hydrogen-bond acceptors (Lipinski definition) is 4. The standard InChI is InChI=1S/C25H24ClN5O/c1-16-15-28(2)22-13-14-23(27-24(22)29(16)18-11-12-18)31-25(32)20-5-3-4-6-21(20)30(31)19-9-7-17(26)8-10-19/h3-10,13-14,16,18H,11-12,15H2,1-2H3. The maximum absolute atomic E-state index is 13.6. The maximum Gasteiger partial charge on any atom is 0.281 e. The molecule has 1 saturated carbocycles. The Hall–Kier alpha value is -3.25. The molecule has 162 valence electrons. The van der Waals surface area contributed by atoms with Gasteiger partial charge in [-0.1, -0.05) is 23.7 Å². The molecule has 1 atom stereocenters. The fourth-order valence-corrected chi connectivity index (χ4v) is 5.04. The van der Waals surface area contributed by atoms with Crippen molar-refractivity contribution >= 4 is 34.0 Å². The molecule has 2 aliphatic rings. The molecular formula is C25H24ClN5O. The summed E-state index contributed by atoms with van der Waals surface area (Å²) in [6.07, 6.45) is 2.40. The molecule has 0 N–H and O–H groups in total. The summed E-state index contributed by atoms with van der Waals surface area (Å²) < 4.78 is 3.61. The lowest BCUT2D eigenvalue weighted by molar-refractivity contribution is 0.589. The van der Waals surface area contributed by atoms with Crippen molar-refractivity contribution in [3.05, 3.63) is 76.0 Å². The van der Waals surface area contributed by atoms with Crippen LogP contribution in [0.15, 0.2) is 65.5 Å². The van der Waals surface area contributed by atoms with Crippen molar-refractivity contribution in [3.63, 3.8) is 0 Å². The first-order chi connectivity index (χ1) is 15.5. The van der Waals surface area contributed by atoms with E-state index >= 15 is 0 Å². The van der Waals surface area contributed by atoms with Crippen LogP contribution in [-0.4, -0.2) is 40.0 Å². The number of halogens is 1. The van der Waals surface area contributed by atoms with Crippen LogP contribution in [0, 0.1) is 0 Å². The zero-order chi connectivity index (χ0) is 22.0. The largest absolute Gasteiger partial charge is 0.370 e. The molecule has 0 spiro atoms. The Morgan fingerprint density at radius 1 is 0.969 bits per heavy atom. The maximum atomic E-state index is 13.6. The average Bonchev–Trinajstić information content (AvgIpc) is 3.58. The molecule has 3 heterocycles. The van der Waals surface area contributed by atoms with E-state index in [1.165, 1.54) is 12.8 Å². The Kier molecular flexibility index (Phi) is 4.33. The highest BCUT2D eigenvalue weighted by molar-refractivity contribution is 6.30. The van der Waals surface area contributed by atoms with Crippen LogP contribution in [0.4, 0.5) is 11.5 Å². The van der Waals surface area contributed by atoms with Crippen molar-refractivity contribution in [2.75, 3.05) is 23.4 Å². The summed E-state index contributed by atoms with van der Waals surface area (Å²) in [5.74, 6) is 1.58. The SMILES string of the molecule is CC1CN(C)c2ccc(-n3c(=O)c4ccccc4n3-c3ccc(Cl)cc3)nc2N1C1CC1. The Balaban J connectivity index is 1.61. The van der Waals surface area contributed by atoms with E-state index in [9.17, 15) is 4.79 Å². The minimum atomic E-state index is -0.0850. The van der Waals surface area contributed by atoms with Gasteiger partial charge in [-0.05, 0) is 68.3 Å². The predicted molar refractivity (Wildman–Crippen MR) is 130 cm³/mol. The van der Waals surface area contributed by atoms with Crippen LogP contribution in [0.1, 0.15) is 19.8 Å². The van der Waals surface area contributed by atoms with Gasteiger partial charge >= 0.3 is 0 Å². The number of pyridine rings is 1. The van der Waals surface area contributed by atoms with E-state index in [4.69, 9.17) is 16.6 Å². The summed E-state index contributed by atoms with van der Waals surface area (Å²) >= 11 is 6.14. The first-order valence-corrected chi connectivity index (χ1v) is 11.4. The molecule has 0 bridgehead atoms. The smallest absolute Gasteiger partial charge is 0.281 e. The third-order valence-electron chi connectivity index (χ3n) is 6.49. The molecule has 0 saturated heterocycles. The number of likely N-dealkylation sites (N-methyl/N-ethyl adjacent to an activating group) is 1. The first kappa shape index (κ1) is 19.4. The summed E-state index contributed by atoms with van der Waals surface area (Å²) in [7, 11) is 2.11.